The van der Waals surface area contributed by atoms with E-state index in [4.69, 9.17) is 9.84 Å². The first-order valence-electron chi connectivity index (χ1n) is 20.3. The Kier molecular flexibility index (Phi) is 37.2. The number of hydrogen-bond donors (Lipinski definition) is 1. The smallest absolute Gasteiger partial charge is 0.306 e. The van der Waals surface area contributed by atoms with Gasteiger partial charge in [-0.25, -0.2) is 0 Å². The van der Waals surface area contributed by atoms with Crippen LogP contribution in [0.3, 0.4) is 0 Å². The molecule has 0 saturated heterocycles. The van der Waals surface area contributed by atoms with Gasteiger partial charge in [-0.2, -0.15) is 0 Å². The molecule has 0 aromatic rings. The summed E-state index contributed by atoms with van der Waals surface area (Å²) in [6.07, 6.45) is 54.0. The van der Waals surface area contributed by atoms with E-state index < -0.39 is 5.97 Å². The van der Waals surface area contributed by atoms with Crippen LogP contribution < -0.4 is 0 Å². The maximum atomic E-state index is 12.7. The number of rotatable bonds is 36. The molecule has 0 amide bonds. The predicted molar refractivity (Wildman–Crippen MR) is 208 cm³/mol. The van der Waals surface area contributed by atoms with Gasteiger partial charge in [-0.15, -0.1) is 0 Å². The number of esters is 1. The van der Waals surface area contributed by atoms with Crippen molar-refractivity contribution in [2.45, 2.75) is 206 Å². The summed E-state index contributed by atoms with van der Waals surface area (Å²) >= 11 is 0. The Hall–Kier alpha value is -2.36. The lowest BCUT2D eigenvalue weighted by Crippen LogP contribution is -2.18. The third kappa shape index (κ3) is 38.1. The summed E-state index contributed by atoms with van der Waals surface area (Å²) in [4.78, 5) is 23.2. The fraction of sp³-hybridized carbons (Fsp3) is 0.727. The van der Waals surface area contributed by atoms with Gasteiger partial charge >= 0.3 is 11.9 Å². The second-order valence-electron chi connectivity index (χ2n) is 13.4. The second-order valence-corrected chi connectivity index (χ2v) is 13.4. The van der Waals surface area contributed by atoms with Crippen LogP contribution in [0.4, 0.5) is 0 Å². The lowest BCUT2D eigenvalue weighted by molar-refractivity contribution is -0.150. The van der Waals surface area contributed by atoms with Crippen LogP contribution in [0.5, 0.6) is 0 Å². The summed E-state index contributed by atoms with van der Waals surface area (Å²) in [7, 11) is 0. The number of allylic oxidation sites excluding steroid dienone is 10. The van der Waals surface area contributed by atoms with E-state index in [1.165, 1.54) is 77.0 Å². The van der Waals surface area contributed by atoms with Crippen LogP contribution >= 0.6 is 0 Å². The Balaban J connectivity index is 4.02. The molecule has 1 atom stereocenters. The molecule has 276 valence electrons. The molecule has 0 aliphatic rings. The first-order valence-corrected chi connectivity index (χ1v) is 20.3. The average molecular weight is 669 g/mol. The highest BCUT2D eigenvalue weighted by molar-refractivity contribution is 5.69. The third-order valence-electron chi connectivity index (χ3n) is 8.75. The molecule has 0 heterocycles. The molecule has 1 N–H and O–H groups in total. The normalized spacial score (nSPS) is 12.9. The first-order chi connectivity index (χ1) is 23.6. The zero-order valence-corrected chi connectivity index (χ0v) is 31.5. The third-order valence-corrected chi connectivity index (χ3v) is 8.75. The molecule has 0 aromatic carbocycles. The minimum Gasteiger partial charge on any atom is -0.481 e. The van der Waals surface area contributed by atoms with Crippen LogP contribution in [0.15, 0.2) is 60.8 Å². The lowest BCUT2D eigenvalue weighted by Gasteiger charge is -2.18. The summed E-state index contributed by atoms with van der Waals surface area (Å²) in [5, 5.41) is 8.71. The summed E-state index contributed by atoms with van der Waals surface area (Å²) in [5.74, 6) is -0.674. The Bertz CT molecular complexity index is 850. The van der Waals surface area contributed by atoms with Crippen molar-refractivity contribution >= 4 is 11.9 Å². The zero-order valence-electron chi connectivity index (χ0n) is 31.5. The van der Waals surface area contributed by atoms with Crippen molar-refractivity contribution in [2.75, 3.05) is 0 Å². The molecule has 4 nitrogen and oxygen atoms in total. The standard InChI is InChI=1S/C44H76O4/c1-3-5-7-9-11-12-13-14-15-16-17-18-19-20-21-26-29-33-37-41-44(47)48-42(38-34-30-10-8-6-4-2)39-35-31-27-24-22-23-25-28-32-36-40-43(45)46/h5,7,11-12,14-15,17-18,20-21,42H,3-4,6,8-10,13,16,19,22-41H2,1-2H3,(H,45,46)/b7-5-,12-11-,15-14-,18-17-,21-20-. The van der Waals surface area contributed by atoms with E-state index >= 15 is 0 Å². The number of unbranched alkanes of at least 4 members (excludes halogenated alkanes) is 17. The Morgan fingerprint density at radius 3 is 1.35 bits per heavy atom. The van der Waals surface area contributed by atoms with Gasteiger partial charge in [0.15, 0.2) is 0 Å². The van der Waals surface area contributed by atoms with Gasteiger partial charge in [0, 0.05) is 12.8 Å². The Morgan fingerprint density at radius 1 is 0.479 bits per heavy atom. The number of carbonyl (C=O) groups excluding carboxylic acids is 1. The van der Waals surface area contributed by atoms with Gasteiger partial charge in [0.05, 0.1) is 0 Å². The number of hydrogen-bond acceptors (Lipinski definition) is 3. The van der Waals surface area contributed by atoms with Gasteiger partial charge in [0.1, 0.15) is 6.10 Å². The van der Waals surface area contributed by atoms with E-state index in [-0.39, 0.29) is 12.1 Å². The average Bonchev–Trinajstić information content (AvgIpc) is 3.07. The highest BCUT2D eigenvalue weighted by Crippen LogP contribution is 2.19. The summed E-state index contributed by atoms with van der Waals surface area (Å²) in [6.45, 7) is 4.42. The fourth-order valence-electron chi connectivity index (χ4n) is 5.80. The molecule has 1 unspecified atom stereocenters. The van der Waals surface area contributed by atoms with E-state index in [0.717, 1.165) is 96.3 Å². The van der Waals surface area contributed by atoms with Crippen molar-refractivity contribution in [1.29, 1.82) is 0 Å². The van der Waals surface area contributed by atoms with Crippen LogP contribution in [-0.2, 0) is 14.3 Å². The maximum Gasteiger partial charge on any atom is 0.306 e. The van der Waals surface area contributed by atoms with Gasteiger partial charge in [-0.3, -0.25) is 9.59 Å². The lowest BCUT2D eigenvalue weighted by atomic mass is 10.0. The van der Waals surface area contributed by atoms with Crippen molar-refractivity contribution in [3.8, 4) is 0 Å². The molecule has 0 aliphatic carbocycles. The minimum atomic E-state index is -0.678. The minimum absolute atomic E-state index is 0.00390. The van der Waals surface area contributed by atoms with E-state index in [1.54, 1.807) is 0 Å². The number of carbonyl (C=O) groups is 2. The van der Waals surface area contributed by atoms with Gasteiger partial charge in [0.2, 0.25) is 0 Å². The number of carboxylic acid groups (broad SMARTS) is 1. The van der Waals surface area contributed by atoms with Crippen molar-refractivity contribution in [1.82, 2.24) is 0 Å². The van der Waals surface area contributed by atoms with Crippen molar-refractivity contribution in [2.24, 2.45) is 0 Å². The second kappa shape index (κ2) is 39.1. The van der Waals surface area contributed by atoms with Gasteiger partial charge < -0.3 is 9.84 Å². The maximum absolute atomic E-state index is 12.7. The van der Waals surface area contributed by atoms with E-state index in [9.17, 15) is 9.59 Å². The number of ether oxygens (including phenoxy) is 1. The summed E-state index contributed by atoms with van der Waals surface area (Å²) < 4.78 is 6.01. The highest BCUT2D eigenvalue weighted by Gasteiger charge is 2.14. The largest absolute Gasteiger partial charge is 0.481 e. The highest BCUT2D eigenvalue weighted by atomic mass is 16.5. The molecule has 0 rings (SSSR count). The van der Waals surface area contributed by atoms with Gasteiger partial charge in [-0.1, -0.05) is 164 Å². The zero-order chi connectivity index (χ0) is 35.0. The summed E-state index contributed by atoms with van der Waals surface area (Å²) in [5.41, 5.74) is 0. The Labute approximate surface area is 297 Å². The van der Waals surface area contributed by atoms with Crippen molar-refractivity contribution in [3.63, 3.8) is 0 Å². The molecule has 0 radical (unpaired) electrons. The predicted octanol–water partition coefficient (Wildman–Crippen LogP) is 14.1. The monoisotopic (exact) mass is 669 g/mol. The molecule has 0 aromatic heterocycles. The topological polar surface area (TPSA) is 63.6 Å². The molecule has 0 bridgehead atoms. The van der Waals surface area contributed by atoms with E-state index in [2.05, 4.69) is 74.6 Å². The van der Waals surface area contributed by atoms with E-state index in [1.807, 2.05) is 0 Å². The molecule has 0 spiro atoms. The van der Waals surface area contributed by atoms with E-state index in [0.29, 0.717) is 12.8 Å². The fourth-order valence-corrected chi connectivity index (χ4v) is 5.80. The van der Waals surface area contributed by atoms with Crippen LogP contribution in [0.2, 0.25) is 0 Å². The van der Waals surface area contributed by atoms with Gasteiger partial charge in [-0.05, 0) is 83.5 Å². The quantitative estimate of drug-likeness (QED) is 0.0410. The van der Waals surface area contributed by atoms with Crippen LogP contribution in [-0.4, -0.2) is 23.1 Å². The molecule has 0 aliphatic heterocycles. The molecule has 4 heteroatoms. The molecular weight excluding hydrogens is 592 g/mol. The van der Waals surface area contributed by atoms with Crippen LogP contribution in [0.25, 0.3) is 0 Å². The van der Waals surface area contributed by atoms with Crippen LogP contribution in [0.1, 0.15) is 200 Å². The summed E-state index contributed by atoms with van der Waals surface area (Å²) in [6, 6.07) is 0. The number of carboxylic acids is 1. The molecular formula is C44H76O4. The van der Waals surface area contributed by atoms with Gasteiger partial charge in [0.25, 0.3) is 0 Å². The SMILES string of the molecule is CC/C=C\C/C=C\C/C=C\C/C=C\C/C=C\CCCCCC(=O)OC(CCCCCCCC)CCCCCCCCCCCCC(=O)O. The molecule has 0 saturated carbocycles. The van der Waals surface area contributed by atoms with Crippen LogP contribution in [0, 0.1) is 0 Å². The molecule has 48 heavy (non-hydrogen) atoms. The van der Waals surface area contributed by atoms with Crippen molar-refractivity contribution in [3.05, 3.63) is 60.8 Å². The number of aliphatic carboxylic acids is 1. The first kappa shape index (κ1) is 45.6. The van der Waals surface area contributed by atoms with Crippen molar-refractivity contribution < 1.29 is 19.4 Å². The Morgan fingerprint density at radius 2 is 0.875 bits per heavy atom. The molecule has 0 fully saturated rings.